The van der Waals surface area contributed by atoms with Crippen LogP contribution in [0, 0.1) is 23.7 Å². The molecule has 0 saturated heterocycles. The van der Waals surface area contributed by atoms with E-state index in [0.29, 0.717) is 17.8 Å². The average molecular weight is 224 g/mol. The molecule has 2 bridgehead atoms. The fourth-order valence-corrected chi connectivity index (χ4v) is 4.17. The van der Waals surface area contributed by atoms with Crippen molar-refractivity contribution < 1.29 is 5.11 Å². The normalized spacial score (nSPS) is 37.2. The highest BCUT2D eigenvalue weighted by Crippen LogP contribution is 2.63. The molecule has 3 aliphatic carbocycles. The van der Waals surface area contributed by atoms with Gasteiger partial charge in [-0.1, -0.05) is 42.5 Å². The smallest absolute Gasteiger partial charge is 0.0650 e. The Morgan fingerprint density at radius 2 is 1.71 bits per heavy atom. The van der Waals surface area contributed by atoms with Crippen LogP contribution in [0.1, 0.15) is 12.0 Å². The molecule has 0 unspecified atom stereocenters. The van der Waals surface area contributed by atoms with Gasteiger partial charge in [0.05, 0.1) is 6.61 Å². The maximum atomic E-state index is 9.61. The molecule has 0 spiro atoms. The molecule has 1 aromatic carbocycles. The van der Waals surface area contributed by atoms with Crippen molar-refractivity contribution >= 4 is 5.57 Å². The lowest BCUT2D eigenvalue weighted by molar-refractivity contribution is 0.273. The Kier molecular flexibility index (Phi) is 1.89. The van der Waals surface area contributed by atoms with Crippen LogP contribution >= 0.6 is 0 Å². The Bertz CT molecular complexity index is 512. The van der Waals surface area contributed by atoms with Gasteiger partial charge in [-0.25, -0.2) is 0 Å². The SMILES string of the molecule is OCC1=C(c2ccccc2)[C@H]2[C@@H]1[C@@H]1C=C[C@H]2C1. The van der Waals surface area contributed by atoms with Crippen molar-refractivity contribution in [1.29, 1.82) is 0 Å². The molecule has 0 aliphatic heterocycles. The van der Waals surface area contributed by atoms with Gasteiger partial charge >= 0.3 is 0 Å². The lowest BCUT2D eigenvalue weighted by Gasteiger charge is -2.43. The number of aliphatic hydroxyl groups excluding tert-OH is 1. The van der Waals surface area contributed by atoms with E-state index >= 15 is 0 Å². The third-order valence-corrected chi connectivity index (χ3v) is 4.80. The molecular weight excluding hydrogens is 208 g/mol. The molecule has 4 rings (SSSR count). The lowest BCUT2D eigenvalue weighted by atomic mass is 9.61. The molecule has 0 aromatic heterocycles. The number of hydrogen-bond donors (Lipinski definition) is 1. The van der Waals surface area contributed by atoms with Crippen molar-refractivity contribution in [1.82, 2.24) is 0 Å². The predicted molar refractivity (Wildman–Crippen MR) is 68.2 cm³/mol. The van der Waals surface area contributed by atoms with Crippen LogP contribution < -0.4 is 0 Å². The highest BCUT2D eigenvalue weighted by molar-refractivity contribution is 5.79. The Morgan fingerprint density at radius 3 is 2.41 bits per heavy atom. The number of hydrogen-bond acceptors (Lipinski definition) is 1. The molecule has 1 saturated carbocycles. The van der Waals surface area contributed by atoms with Gasteiger partial charge in [-0.05, 0) is 46.8 Å². The van der Waals surface area contributed by atoms with Crippen LogP contribution in [0.25, 0.3) is 5.57 Å². The van der Waals surface area contributed by atoms with Gasteiger partial charge in [0.25, 0.3) is 0 Å². The van der Waals surface area contributed by atoms with E-state index in [-0.39, 0.29) is 6.61 Å². The fraction of sp³-hybridized carbons (Fsp3) is 0.375. The maximum absolute atomic E-state index is 9.61. The van der Waals surface area contributed by atoms with Crippen molar-refractivity contribution in [2.45, 2.75) is 6.42 Å². The van der Waals surface area contributed by atoms with Crippen LogP contribution in [-0.4, -0.2) is 11.7 Å². The van der Waals surface area contributed by atoms with Crippen molar-refractivity contribution in [3.05, 3.63) is 53.6 Å². The summed E-state index contributed by atoms with van der Waals surface area (Å²) in [4.78, 5) is 0. The summed E-state index contributed by atoms with van der Waals surface area (Å²) in [5.74, 6) is 2.77. The zero-order chi connectivity index (χ0) is 11.4. The Balaban J connectivity index is 1.80. The topological polar surface area (TPSA) is 20.2 Å². The minimum atomic E-state index is 0.239. The van der Waals surface area contributed by atoms with E-state index in [2.05, 4.69) is 42.5 Å². The molecule has 1 N–H and O–H groups in total. The second-order valence-corrected chi connectivity index (χ2v) is 5.46. The monoisotopic (exact) mass is 224 g/mol. The summed E-state index contributed by atoms with van der Waals surface area (Å²) < 4.78 is 0. The third-order valence-electron chi connectivity index (χ3n) is 4.80. The second kappa shape index (κ2) is 3.33. The van der Waals surface area contributed by atoms with Crippen LogP contribution in [0.4, 0.5) is 0 Å². The van der Waals surface area contributed by atoms with E-state index in [4.69, 9.17) is 0 Å². The van der Waals surface area contributed by atoms with Gasteiger partial charge in [-0.2, -0.15) is 0 Å². The van der Waals surface area contributed by atoms with E-state index in [9.17, 15) is 5.11 Å². The highest BCUT2D eigenvalue weighted by Gasteiger charge is 2.54. The summed E-state index contributed by atoms with van der Waals surface area (Å²) in [6.45, 7) is 0.239. The van der Waals surface area contributed by atoms with Crippen LogP contribution in [0.3, 0.4) is 0 Å². The minimum Gasteiger partial charge on any atom is -0.392 e. The summed E-state index contributed by atoms with van der Waals surface area (Å²) in [5, 5.41) is 9.61. The summed E-state index contributed by atoms with van der Waals surface area (Å²) in [6, 6.07) is 10.6. The standard InChI is InChI=1S/C16H16O/c17-9-13-14(10-4-2-1-3-5-10)16-12-7-6-11(8-12)15(13)16/h1-7,11-12,15-17H,8-9H2/t11-,12+,15-,16+/m1/s1. The maximum Gasteiger partial charge on any atom is 0.0650 e. The minimum absolute atomic E-state index is 0.239. The van der Waals surface area contributed by atoms with Gasteiger partial charge in [-0.15, -0.1) is 0 Å². The molecule has 1 nitrogen and oxygen atoms in total. The van der Waals surface area contributed by atoms with Gasteiger partial charge < -0.3 is 5.11 Å². The van der Waals surface area contributed by atoms with Gasteiger partial charge in [0.1, 0.15) is 0 Å². The molecule has 4 atom stereocenters. The summed E-state index contributed by atoms with van der Waals surface area (Å²) in [6.07, 6.45) is 6.06. The van der Waals surface area contributed by atoms with Crippen LogP contribution in [0.2, 0.25) is 0 Å². The zero-order valence-corrected chi connectivity index (χ0v) is 9.71. The van der Waals surface area contributed by atoms with E-state index in [1.54, 1.807) is 0 Å². The zero-order valence-electron chi connectivity index (χ0n) is 9.71. The lowest BCUT2D eigenvalue weighted by Crippen LogP contribution is -2.34. The quantitative estimate of drug-likeness (QED) is 0.766. The number of aliphatic hydroxyl groups is 1. The molecule has 86 valence electrons. The Morgan fingerprint density at radius 1 is 1.00 bits per heavy atom. The number of fused-ring (bicyclic) bond motifs is 5. The first-order valence-corrected chi connectivity index (χ1v) is 6.47. The molecule has 1 heteroatoms. The first kappa shape index (κ1) is 9.67. The van der Waals surface area contributed by atoms with Crippen molar-refractivity contribution in [3.8, 4) is 0 Å². The van der Waals surface area contributed by atoms with Crippen LogP contribution in [0.5, 0.6) is 0 Å². The third kappa shape index (κ3) is 1.13. The first-order chi connectivity index (χ1) is 8.40. The highest BCUT2D eigenvalue weighted by atomic mass is 16.3. The number of benzene rings is 1. The molecule has 0 amide bonds. The van der Waals surface area contributed by atoms with Crippen molar-refractivity contribution in [2.75, 3.05) is 6.61 Å². The second-order valence-electron chi connectivity index (χ2n) is 5.46. The van der Waals surface area contributed by atoms with Crippen LogP contribution in [0.15, 0.2) is 48.1 Å². The predicted octanol–water partition coefficient (Wildman–Crippen LogP) is 2.88. The molecule has 1 fully saturated rings. The summed E-state index contributed by atoms with van der Waals surface area (Å²) in [5.41, 5.74) is 4.06. The van der Waals surface area contributed by atoms with Crippen LogP contribution in [-0.2, 0) is 0 Å². The van der Waals surface area contributed by atoms with E-state index in [0.717, 1.165) is 5.92 Å². The first-order valence-electron chi connectivity index (χ1n) is 6.47. The van der Waals surface area contributed by atoms with Gasteiger partial charge in [-0.3, -0.25) is 0 Å². The largest absolute Gasteiger partial charge is 0.392 e. The molecule has 0 radical (unpaired) electrons. The van der Waals surface area contributed by atoms with Crippen molar-refractivity contribution in [3.63, 3.8) is 0 Å². The van der Waals surface area contributed by atoms with Gasteiger partial charge in [0.2, 0.25) is 0 Å². The number of rotatable bonds is 2. The van der Waals surface area contributed by atoms with E-state index in [1.807, 2.05) is 0 Å². The average Bonchev–Trinajstić information content (AvgIpc) is 2.89. The molecular formula is C16H16O. The summed E-state index contributed by atoms with van der Waals surface area (Å²) in [7, 11) is 0. The fourth-order valence-electron chi connectivity index (χ4n) is 4.17. The molecule has 0 heterocycles. The van der Waals surface area contributed by atoms with Gasteiger partial charge in [0, 0.05) is 0 Å². The Hall–Kier alpha value is -1.34. The van der Waals surface area contributed by atoms with E-state index in [1.165, 1.54) is 23.1 Å². The van der Waals surface area contributed by atoms with Gasteiger partial charge in [0.15, 0.2) is 0 Å². The van der Waals surface area contributed by atoms with Crippen molar-refractivity contribution in [2.24, 2.45) is 23.7 Å². The van der Waals surface area contributed by atoms with E-state index < -0.39 is 0 Å². The molecule has 1 aromatic rings. The molecule has 3 aliphatic rings. The summed E-state index contributed by atoms with van der Waals surface area (Å²) >= 11 is 0. The number of allylic oxidation sites excluding steroid dienone is 3. The molecule has 17 heavy (non-hydrogen) atoms. The Labute approximate surface area is 101 Å².